The molecular weight excluding hydrogens is 272 g/mol. The number of aryl methyl sites for hydroxylation is 1. The van der Waals surface area contributed by atoms with E-state index in [4.69, 9.17) is 5.73 Å². The van der Waals surface area contributed by atoms with Gasteiger partial charge in [-0.25, -0.2) is 8.42 Å². The Balaban J connectivity index is 2.49. The van der Waals surface area contributed by atoms with E-state index in [0.29, 0.717) is 17.4 Å². The first-order valence-electron chi connectivity index (χ1n) is 6.95. The molecule has 0 aliphatic carbocycles. The molecule has 0 bridgehead atoms. The molecule has 2 rings (SSSR count). The molecule has 1 aliphatic rings. The highest BCUT2D eigenvalue weighted by Gasteiger charge is 2.31. The zero-order valence-electron chi connectivity index (χ0n) is 12.7. The fraction of sp³-hybridized carbons (Fsp3) is 0.600. The zero-order chi connectivity index (χ0) is 15.1. The smallest absolute Gasteiger partial charge is 0.175 e. The van der Waals surface area contributed by atoms with Crippen molar-refractivity contribution in [2.45, 2.75) is 31.2 Å². The van der Waals surface area contributed by atoms with Crippen molar-refractivity contribution >= 4 is 9.84 Å². The number of sulfone groups is 1. The molecule has 1 heterocycles. The molecule has 2 unspecified atom stereocenters. The van der Waals surface area contributed by atoms with Gasteiger partial charge in [0.15, 0.2) is 9.84 Å². The number of nitrogens with two attached hydrogens (primary N) is 1. The summed E-state index contributed by atoms with van der Waals surface area (Å²) < 4.78 is 23.7. The summed E-state index contributed by atoms with van der Waals surface area (Å²) in [5, 5.41) is 0. The molecule has 1 saturated heterocycles. The summed E-state index contributed by atoms with van der Waals surface area (Å²) in [7, 11) is -1.09. The number of hydrogen-bond acceptors (Lipinski definition) is 4. The van der Waals surface area contributed by atoms with Crippen LogP contribution in [-0.2, 0) is 9.84 Å². The normalized spacial score (nSPS) is 24.2. The van der Waals surface area contributed by atoms with Crippen molar-refractivity contribution in [1.82, 2.24) is 4.90 Å². The molecule has 0 amide bonds. The van der Waals surface area contributed by atoms with Crippen LogP contribution in [0.5, 0.6) is 0 Å². The molecule has 2 N–H and O–H groups in total. The van der Waals surface area contributed by atoms with Crippen molar-refractivity contribution in [2.75, 3.05) is 26.4 Å². The average Bonchev–Trinajstić information content (AvgIpc) is 2.72. The van der Waals surface area contributed by atoms with Crippen molar-refractivity contribution in [3.05, 3.63) is 28.8 Å². The first-order chi connectivity index (χ1) is 9.24. The van der Waals surface area contributed by atoms with Crippen molar-refractivity contribution in [1.29, 1.82) is 0 Å². The van der Waals surface area contributed by atoms with E-state index in [9.17, 15) is 8.42 Å². The molecule has 2 atom stereocenters. The highest BCUT2D eigenvalue weighted by atomic mass is 32.2. The van der Waals surface area contributed by atoms with Gasteiger partial charge in [0.05, 0.1) is 4.90 Å². The van der Waals surface area contributed by atoms with Crippen LogP contribution in [0, 0.1) is 19.8 Å². The van der Waals surface area contributed by atoms with Gasteiger partial charge >= 0.3 is 0 Å². The molecule has 0 radical (unpaired) electrons. The highest BCUT2D eigenvalue weighted by molar-refractivity contribution is 7.90. The lowest BCUT2D eigenvalue weighted by molar-refractivity contribution is 0.312. The molecule has 0 aromatic heterocycles. The molecule has 5 heteroatoms. The third-order valence-electron chi connectivity index (χ3n) is 4.44. The third kappa shape index (κ3) is 2.90. The highest BCUT2D eigenvalue weighted by Crippen LogP contribution is 2.37. The Bertz CT molecular complexity index is 611. The van der Waals surface area contributed by atoms with Crippen molar-refractivity contribution in [3.8, 4) is 0 Å². The van der Waals surface area contributed by atoms with E-state index in [1.165, 1.54) is 11.8 Å². The van der Waals surface area contributed by atoms with E-state index < -0.39 is 9.84 Å². The van der Waals surface area contributed by atoms with Crippen LogP contribution in [0.1, 0.15) is 29.2 Å². The van der Waals surface area contributed by atoms with Crippen molar-refractivity contribution in [2.24, 2.45) is 11.7 Å². The summed E-state index contributed by atoms with van der Waals surface area (Å²) in [5.41, 5.74) is 9.13. The molecule has 1 fully saturated rings. The predicted octanol–water partition coefficient (Wildman–Crippen LogP) is 1.66. The topological polar surface area (TPSA) is 63.4 Å². The number of likely N-dealkylation sites (tertiary alicyclic amines) is 1. The zero-order valence-corrected chi connectivity index (χ0v) is 13.5. The standard InChI is InChI=1S/C15H24N2O2S/c1-10-5-13(20(4,18)19)7-14(11(10)2)15-6-12(8-16)9-17(15)3/h5,7,12,15H,6,8-9,16H2,1-4H3. The predicted molar refractivity (Wildman–Crippen MR) is 81.6 cm³/mol. The summed E-state index contributed by atoms with van der Waals surface area (Å²) in [4.78, 5) is 2.70. The largest absolute Gasteiger partial charge is 0.330 e. The number of rotatable bonds is 3. The molecule has 0 spiro atoms. The molecule has 1 aromatic rings. The van der Waals surface area contributed by atoms with Crippen LogP contribution in [0.15, 0.2) is 17.0 Å². The molecule has 1 aliphatic heterocycles. The monoisotopic (exact) mass is 296 g/mol. The summed E-state index contributed by atoms with van der Waals surface area (Å²) >= 11 is 0. The fourth-order valence-corrected chi connectivity index (χ4v) is 3.78. The maximum Gasteiger partial charge on any atom is 0.175 e. The summed E-state index contributed by atoms with van der Waals surface area (Å²) in [6, 6.07) is 3.88. The maximum absolute atomic E-state index is 11.8. The Hall–Kier alpha value is -0.910. The van der Waals surface area contributed by atoms with Crippen LogP contribution >= 0.6 is 0 Å². The molecule has 0 saturated carbocycles. The molecule has 20 heavy (non-hydrogen) atoms. The number of benzene rings is 1. The van der Waals surface area contributed by atoms with Gasteiger partial charge in [-0.1, -0.05) is 0 Å². The van der Waals surface area contributed by atoms with Crippen molar-refractivity contribution < 1.29 is 8.42 Å². The average molecular weight is 296 g/mol. The molecular formula is C15H24N2O2S. The minimum Gasteiger partial charge on any atom is -0.330 e. The van der Waals surface area contributed by atoms with E-state index >= 15 is 0 Å². The van der Waals surface area contributed by atoms with Gasteiger partial charge in [0.2, 0.25) is 0 Å². The second-order valence-electron chi connectivity index (χ2n) is 6.02. The maximum atomic E-state index is 11.8. The molecule has 1 aromatic carbocycles. The minimum atomic E-state index is -3.17. The lowest BCUT2D eigenvalue weighted by Gasteiger charge is -2.23. The lowest BCUT2D eigenvalue weighted by atomic mass is 9.94. The van der Waals surface area contributed by atoms with Gasteiger partial charge in [-0.3, -0.25) is 4.90 Å². The van der Waals surface area contributed by atoms with E-state index in [1.54, 1.807) is 6.07 Å². The van der Waals surface area contributed by atoms with Crippen LogP contribution in [0.25, 0.3) is 0 Å². The molecule has 4 nitrogen and oxygen atoms in total. The number of hydrogen-bond donors (Lipinski definition) is 1. The van der Waals surface area contributed by atoms with Gasteiger partial charge in [-0.15, -0.1) is 0 Å². The van der Waals surface area contributed by atoms with Crippen LogP contribution in [-0.4, -0.2) is 39.7 Å². The summed E-state index contributed by atoms with van der Waals surface area (Å²) in [5.74, 6) is 0.492. The van der Waals surface area contributed by atoms with Gasteiger partial charge < -0.3 is 5.73 Å². The van der Waals surface area contributed by atoms with Gasteiger partial charge in [-0.2, -0.15) is 0 Å². The second kappa shape index (κ2) is 5.47. The van der Waals surface area contributed by atoms with Gasteiger partial charge in [0.25, 0.3) is 0 Å². The summed E-state index contributed by atoms with van der Waals surface area (Å²) in [6.45, 7) is 5.70. The SMILES string of the molecule is Cc1cc(S(C)(=O)=O)cc(C2CC(CN)CN2C)c1C. The van der Waals surface area contributed by atoms with E-state index in [-0.39, 0.29) is 6.04 Å². The van der Waals surface area contributed by atoms with Crippen LogP contribution in [0.4, 0.5) is 0 Å². The Kier molecular flexibility index (Phi) is 4.23. The van der Waals surface area contributed by atoms with Gasteiger partial charge in [0.1, 0.15) is 0 Å². The van der Waals surface area contributed by atoms with E-state index in [0.717, 1.165) is 24.1 Å². The molecule has 112 valence electrons. The quantitative estimate of drug-likeness (QED) is 0.921. The van der Waals surface area contributed by atoms with E-state index in [1.807, 2.05) is 13.0 Å². The van der Waals surface area contributed by atoms with E-state index in [2.05, 4.69) is 18.9 Å². The van der Waals surface area contributed by atoms with Crippen LogP contribution in [0.3, 0.4) is 0 Å². The first kappa shape index (κ1) is 15.5. The van der Waals surface area contributed by atoms with Gasteiger partial charge in [0, 0.05) is 18.8 Å². The Labute approximate surface area is 121 Å². The number of nitrogens with zero attached hydrogens (tertiary/aromatic N) is 1. The minimum absolute atomic E-state index is 0.268. The first-order valence-corrected chi connectivity index (χ1v) is 8.84. The summed E-state index contributed by atoms with van der Waals surface area (Å²) in [6.07, 6.45) is 2.27. The van der Waals surface area contributed by atoms with Crippen molar-refractivity contribution in [3.63, 3.8) is 0 Å². The third-order valence-corrected chi connectivity index (χ3v) is 5.53. The van der Waals surface area contributed by atoms with Crippen LogP contribution < -0.4 is 5.73 Å². The Morgan fingerprint density at radius 2 is 2.00 bits per heavy atom. The van der Waals surface area contributed by atoms with Gasteiger partial charge in [-0.05, 0) is 68.6 Å². The fourth-order valence-electron chi connectivity index (χ4n) is 3.05. The lowest BCUT2D eigenvalue weighted by Crippen LogP contribution is -2.21. The second-order valence-corrected chi connectivity index (χ2v) is 8.04. The Morgan fingerprint density at radius 1 is 1.35 bits per heavy atom. The van der Waals surface area contributed by atoms with Crippen LogP contribution in [0.2, 0.25) is 0 Å². The Morgan fingerprint density at radius 3 is 2.50 bits per heavy atom.